The number of sulfone groups is 1. The molecule has 3 nitrogen and oxygen atoms in total. The van der Waals surface area contributed by atoms with Gasteiger partial charge in [-0.15, -0.1) is 11.3 Å². The van der Waals surface area contributed by atoms with Crippen LogP contribution >= 0.6 is 22.9 Å². The van der Waals surface area contributed by atoms with E-state index in [0.717, 1.165) is 16.1 Å². The lowest BCUT2D eigenvalue weighted by atomic mass is 10.2. The number of rotatable bonds is 5. The van der Waals surface area contributed by atoms with Crippen molar-refractivity contribution in [1.82, 2.24) is 4.98 Å². The minimum Gasteiger partial charge on any atom is -0.250 e. The smallest absolute Gasteiger partial charge is 0.154 e. The number of thiazole rings is 1. The topological polar surface area (TPSA) is 47.0 Å². The van der Waals surface area contributed by atoms with Crippen LogP contribution in [0.1, 0.15) is 16.1 Å². The summed E-state index contributed by atoms with van der Waals surface area (Å²) < 4.78 is 24.1. The molecular weight excluding hydrogens is 302 g/mol. The molecule has 0 N–H and O–H groups in total. The van der Waals surface area contributed by atoms with Crippen LogP contribution in [0.2, 0.25) is 5.02 Å². The van der Waals surface area contributed by atoms with E-state index in [-0.39, 0.29) is 11.5 Å². The van der Waals surface area contributed by atoms with Crippen molar-refractivity contribution in [2.24, 2.45) is 0 Å². The normalized spacial score (nSPS) is 11.7. The second kappa shape index (κ2) is 6.03. The van der Waals surface area contributed by atoms with E-state index < -0.39 is 9.84 Å². The van der Waals surface area contributed by atoms with Crippen molar-refractivity contribution in [2.45, 2.75) is 19.1 Å². The van der Waals surface area contributed by atoms with Gasteiger partial charge in [0.25, 0.3) is 0 Å². The van der Waals surface area contributed by atoms with Gasteiger partial charge in [-0.05, 0) is 31.0 Å². The van der Waals surface area contributed by atoms with Gasteiger partial charge in [-0.25, -0.2) is 13.4 Å². The van der Waals surface area contributed by atoms with Crippen LogP contribution in [0, 0.1) is 6.92 Å². The Labute approximate surface area is 122 Å². The maximum atomic E-state index is 12.1. The van der Waals surface area contributed by atoms with Crippen LogP contribution in [0.5, 0.6) is 0 Å². The molecule has 1 heterocycles. The lowest BCUT2D eigenvalue weighted by molar-refractivity contribution is 0.594. The Balaban J connectivity index is 2.01. The molecule has 0 saturated carbocycles. The van der Waals surface area contributed by atoms with Crippen LogP contribution in [-0.2, 0) is 22.0 Å². The number of hydrogen-bond donors (Lipinski definition) is 0. The number of nitrogens with zero attached hydrogens (tertiary/aromatic N) is 1. The number of benzene rings is 1. The summed E-state index contributed by atoms with van der Waals surface area (Å²) in [4.78, 5) is 5.16. The van der Waals surface area contributed by atoms with Crippen LogP contribution in [-0.4, -0.2) is 19.2 Å². The van der Waals surface area contributed by atoms with E-state index in [1.165, 1.54) is 11.3 Å². The summed E-state index contributed by atoms with van der Waals surface area (Å²) in [6, 6.07) is 6.97. The van der Waals surface area contributed by atoms with Crippen molar-refractivity contribution < 1.29 is 8.42 Å². The Morgan fingerprint density at radius 2 is 2.16 bits per heavy atom. The number of aryl methyl sites for hydroxylation is 2. The van der Waals surface area contributed by atoms with E-state index in [1.807, 2.05) is 6.92 Å². The SMILES string of the molecule is Cc1ncsc1CCS(=O)(=O)Cc1cccc(Cl)c1. The van der Waals surface area contributed by atoms with Crippen LogP contribution < -0.4 is 0 Å². The van der Waals surface area contributed by atoms with E-state index in [4.69, 9.17) is 11.6 Å². The molecule has 0 aliphatic carbocycles. The first-order valence-electron chi connectivity index (χ1n) is 5.80. The number of hydrogen-bond acceptors (Lipinski definition) is 4. The highest BCUT2D eigenvalue weighted by Gasteiger charge is 2.14. The summed E-state index contributed by atoms with van der Waals surface area (Å²) in [6.45, 7) is 1.90. The standard InChI is InChI=1S/C13H14ClNO2S2/c1-10-13(18-9-15-10)5-6-19(16,17)8-11-3-2-4-12(14)7-11/h2-4,7,9H,5-6,8H2,1H3. The third-order valence-electron chi connectivity index (χ3n) is 2.76. The Kier molecular flexibility index (Phi) is 4.60. The fraction of sp³-hybridized carbons (Fsp3) is 0.308. The Bertz CT molecular complexity index is 665. The second-order valence-corrected chi connectivity index (χ2v) is 7.89. The Morgan fingerprint density at radius 1 is 1.37 bits per heavy atom. The van der Waals surface area contributed by atoms with Crippen LogP contribution in [0.25, 0.3) is 0 Å². The van der Waals surface area contributed by atoms with Gasteiger partial charge in [0.05, 0.1) is 22.7 Å². The van der Waals surface area contributed by atoms with Crippen molar-refractivity contribution in [3.63, 3.8) is 0 Å². The Morgan fingerprint density at radius 3 is 2.79 bits per heavy atom. The van der Waals surface area contributed by atoms with Crippen molar-refractivity contribution in [3.05, 3.63) is 50.9 Å². The number of halogens is 1. The molecule has 102 valence electrons. The average molecular weight is 316 g/mol. The molecule has 0 saturated heterocycles. The van der Waals surface area contributed by atoms with Gasteiger partial charge in [-0.3, -0.25) is 0 Å². The molecule has 19 heavy (non-hydrogen) atoms. The quantitative estimate of drug-likeness (QED) is 0.851. The molecule has 0 amide bonds. The van der Waals surface area contributed by atoms with E-state index in [1.54, 1.807) is 29.8 Å². The minimum absolute atomic E-state index is 0.0331. The van der Waals surface area contributed by atoms with E-state index in [2.05, 4.69) is 4.98 Å². The molecule has 0 fully saturated rings. The number of aromatic nitrogens is 1. The fourth-order valence-corrected chi connectivity index (χ4v) is 4.24. The maximum absolute atomic E-state index is 12.1. The minimum atomic E-state index is -3.12. The molecule has 0 atom stereocenters. The van der Waals surface area contributed by atoms with E-state index >= 15 is 0 Å². The monoisotopic (exact) mass is 315 g/mol. The highest BCUT2D eigenvalue weighted by atomic mass is 35.5. The average Bonchev–Trinajstić information content (AvgIpc) is 2.72. The summed E-state index contributed by atoms with van der Waals surface area (Å²) in [5, 5.41) is 0.561. The molecule has 2 aromatic rings. The molecule has 1 aromatic heterocycles. The first kappa shape index (κ1) is 14.5. The zero-order chi connectivity index (χ0) is 13.9. The largest absolute Gasteiger partial charge is 0.250 e. The maximum Gasteiger partial charge on any atom is 0.154 e. The third kappa shape index (κ3) is 4.30. The summed E-state index contributed by atoms with van der Waals surface area (Å²) >= 11 is 7.35. The summed E-state index contributed by atoms with van der Waals surface area (Å²) in [6.07, 6.45) is 0.527. The molecule has 1 aromatic carbocycles. The molecular formula is C13H14ClNO2S2. The van der Waals surface area contributed by atoms with Gasteiger partial charge in [0.1, 0.15) is 0 Å². The van der Waals surface area contributed by atoms with Crippen molar-refractivity contribution in [3.8, 4) is 0 Å². The van der Waals surface area contributed by atoms with Gasteiger partial charge < -0.3 is 0 Å². The fourth-order valence-electron chi connectivity index (χ4n) is 1.77. The van der Waals surface area contributed by atoms with Gasteiger partial charge in [-0.2, -0.15) is 0 Å². The first-order chi connectivity index (χ1) is 8.96. The van der Waals surface area contributed by atoms with Crippen molar-refractivity contribution in [2.75, 3.05) is 5.75 Å². The molecule has 0 aliphatic heterocycles. The zero-order valence-electron chi connectivity index (χ0n) is 10.5. The van der Waals surface area contributed by atoms with Crippen molar-refractivity contribution >= 4 is 32.8 Å². The lowest BCUT2D eigenvalue weighted by Gasteiger charge is -2.04. The third-order valence-corrected chi connectivity index (χ3v) is 5.59. The van der Waals surface area contributed by atoms with Gasteiger partial charge in [0.15, 0.2) is 9.84 Å². The van der Waals surface area contributed by atoms with Crippen LogP contribution in [0.15, 0.2) is 29.8 Å². The van der Waals surface area contributed by atoms with E-state index in [0.29, 0.717) is 11.4 Å². The molecule has 0 radical (unpaired) electrons. The first-order valence-corrected chi connectivity index (χ1v) is 8.88. The second-order valence-electron chi connectivity index (χ2n) is 4.33. The highest BCUT2D eigenvalue weighted by molar-refractivity contribution is 7.90. The van der Waals surface area contributed by atoms with Crippen molar-refractivity contribution in [1.29, 1.82) is 0 Å². The lowest BCUT2D eigenvalue weighted by Crippen LogP contribution is -2.11. The molecule has 0 spiro atoms. The van der Waals surface area contributed by atoms with Gasteiger partial charge in [0.2, 0.25) is 0 Å². The summed E-state index contributed by atoms with van der Waals surface area (Å²) in [7, 11) is -3.12. The van der Waals surface area contributed by atoms with E-state index in [9.17, 15) is 8.42 Å². The molecule has 6 heteroatoms. The predicted octanol–water partition coefficient (Wildman–Crippen LogP) is 3.26. The van der Waals surface area contributed by atoms with Gasteiger partial charge >= 0.3 is 0 Å². The molecule has 0 aliphatic rings. The molecule has 0 bridgehead atoms. The summed E-state index contributed by atoms with van der Waals surface area (Å²) in [5.41, 5.74) is 3.39. The van der Waals surface area contributed by atoms with Gasteiger partial charge in [-0.1, -0.05) is 23.7 Å². The van der Waals surface area contributed by atoms with Crippen LogP contribution in [0.3, 0.4) is 0 Å². The zero-order valence-corrected chi connectivity index (χ0v) is 12.9. The Hall–Kier alpha value is -0.910. The molecule has 2 rings (SSSR count). The molecule has 0 unspecified atom stereocenters. The summed E-state index contributed by atoms with van der Waals surface area (Å²) in [5.74, 6) is 0.175. The van der Waals surface area contributed by atoms with Gasteiger partial charge in [0, 0.05) is 9.90 Å². The van der Waals surface area contributed by atoms with Crippen LogP contribution in [0.4, 0.5) is 0 Å². The predicted molar refractivity (Wildman–Crippen MR) is 79.5 cm³/mol. The highest BCUT2D eigenvalue weighted by Crippen LogP contribution is 2.17.